The highest BCUT2D eigenvalue weighted by molar-refractivity contribution is 7.99. The monoisotopic (exact) mass is 458 g/mol. The van der Waals surface area contributed by atoms with Gasteiger partial charge in [0, 0.05) is 18.0 Å². The van der Waals surface area contributed by atoms with E-state index >= 15 is 0 Å². The van der Waals surface area contributed by atoms with Crippen LogP contribution in [0.3, 0.4) is 0 Å². The molecule has 0 atom stereocenters. The predicted octanol–water partition coefficient (Wildman–Crippen LogP) is 5.00. The predicted molar refractivity (Wildman–Crippen MR) is 123 cm³/mol. The summed E-state index contributed by atoms with van der Waals surface area (Å²) in [4.78, 5) is 30.3. The van der Waals surface area contributed by atoms with Crippen LogP contribution in [-0.2, 0) is 0 Å². The van der Waals surface area contributed by atoms with Gasteiger partial charge in [-0.05, 0) is 42.0 Å². The van der Waals surface area contributed by atoms with Gasteiger partial charge in [0.05, 0.1) is 5.69 Å². The van der Waals surface area contributed by atoms with Gasteiger partial charge in [-0.3, -0.25) is 9.36 Å². The summed E-state index contributed by atoms with van der Waals surface area (Å²) >= 11 is 0.903. The molecule has 3 aromatic heterocycles. The normalized spacial score (nSPS) is 11.1. The fourth-order valence-corrected chi connectivity index (χ4v) is 4.31. The van der Waals surface area contributed by atoms with Crippen molar-refractivity contribution in [2.24, 2.45) is 0 Å². The largest absolute Gasteiger partial charge is 0.505 e. The zero-order valence-corrected chi connectivity index (χ0v) is 17.8. The van der Waals surface area contributed by atoms with Crippen LogP contribution in [0.1, 0.15) is 0 Å². The van der Waals surface area contributed by atoms with Crippen molar-refractivity contribution in [1.29, 1.82) is 0 Å². The van der Waals surface area contributed by atoms with E-state index in [1.807, 2.05) is 6.07 Å². The maximum atomic E-state index is 13.7. The summed E-state index contributed by atoms with van der Waals surface area (Å²) in [5.41, 5.74) is 0.0507. The quantitative estimate of drug-likeness (QED) is 0.408. The summed E-state index contributed by atoms with van der Waals surface area (Å²) in [5, 5.41) is 11.3. The van der Waals surface area contributed by atoms with Crippen molar-refractivity contribution in [1.82, 2.24) is 9.55 Å². The minimum atomic E-state index is -0.784. The van der Waals surface area contributed by atoms with Crippen molar-refractivity contribution < 1.29 is 13.9 Å². The Morgan fingerprint density at radius 3 is 2.36 bits per heavy atom. The topological polar surface area (TPSA) is 85.3 Å². The van der Waals surface area contributed by atoms with Gasteiger partial charge in [0.15, 0.2) is 5.75 Å². The lowest BCUT2D eigenvalue weighted by atomic mass is 10.1. The van der Waals surface area contributed by atoms with Crippen molar-refractivity contribution in [3.8, 4) is 22.7 Å². The highest BCUT2D eigenvalue weighted by atomic mass is 32.2. The number of aromatic nitrogens is 2. The Labute approximate surface area is 190 Å². The summed E-state index contributed by atoms with van der Waals surface area (Å²) in [7, 11) is 0. The molecule has 0 saturated carbocycles. The van der Waals surface area contributed by atoms with Gasteiger partial charge in [0.1, 0.15) is 26.7 Å². The molecular formula is C25H15FN2O4S. The van der Waals surface area contributed by atoms with E-state index in [1.165, 1.54) is 34.9 Å². The molecule has 3 heterocycles. The molecule has 8 heteroatoms. The average molecular weight is 458 g/mol. The second-order valence-electron chi connectivity index (χ2n) is 7.09. The first-order chi connectivity index (χ1) is 16.0. The van der Waals surface area contributed by atoms with Gasteiger partial charge in [-0.1, -0.05) is 48.2 Å². The fourth-order valence-electron chi connectivity index (χ4n) is 3.51. The van der Waals surface area contributed by atoms with Gasteiger partial charge < -0.3 is 9.52 Å². The van der Waals surface area contributed by atoms with Crippen LogP contribution in [0, 0.1) is 5.82 Å². The lowest BCUT2D eigenvalue weighted by Gasteiger charge is -2.15. The first-order valence-electron chi connectivity index (χ1n) is 9.89. The van der Waals surface area contributed by atoms with Crippen LogP contribution in [-0.4, -0.2) is 14.7 Å². The molecule has 0 aliphatic rings. The van der Waals surface area contributed by atoms with E-state index in [0.29, 0.717) is 22.0 Å². The van der Waals surface area contributed by atoms with Crippen LogP contribution in [0.25, 0.3) is 27.9 Å². The Kier molecular flexibility index (Phi) is 5.27. The highest BCUT2D eigenvalue weighted by Gasteiger charge is 2.22. The minimum Gasteiger partial charge on any atom is -0.505 e. The van der Waals surface area contributed by atoms with Gasteiger partial charge in [-0.25, -0.2) is 14.2 Å². The third-order valence-electron chi connectivity index (χ3n) is 5.01. The molecule has 1 N–H and O–H groups in total. The molecule has 0 aliphatic carbocycles. The second-order valence-corrected chi connectivity index (χ2v) is 8.12. The number of pyridine rings is 2. The van der Waals surface area contributed by atoms with Gasteiger partial charge in [-0.2, -0.15) is 0 Å². The first-order valence-corrected chi connectivity index (χ1v) is 10.7. The van der Waals surface area contributed by atoms with Crippen molar-refractivity contribution in [3.05, 3.63) is 112 Å². The summed E-state index contributed by atoms with van der Waals surface area (Å²) in [5.74, 6) is -0.936. The Morgan fingerprint density at radius 2 is 1.67 bits per heavy atom. The fraction of sp³-hybridized carbons (Fsp3) is 0. The van der Waals surface area contributed by atoms with E-state index in [9.17, 15) is 19.1 Å². The van der Waals surface area contributed by atoms with E-state index < -0.39 is 22.8 Å². The molecule has 0 radical (unpaired) electrons. The Balaban J connectivity index is 1.82. The number of aromatic hydroxyl groups is 1. The molecular weight excluding hydrogens is 443 g/mol. The van der Waals surface area contributed by atoms with Crippen molar-refractivity contribution in [2.75, 3.05) is 0 Å². The van der Waals surface area contributed by atoms with E-state index in [4.69, 9.17) is 4.42 Å². The number of rotatable bonds is 4. The molecule has 0 bridgehead atoms. The van der Waals surface area contributed by atoms with E-state index in [0.717, 1.165) is 11.8 Å². The molecule has 0 fully saturated rings. The second kappa shape index (κ2) is 8.40. The molecule has 0 spiro atoms. The van der Waals surface area contributed by atoms with E-state index in [-0.39, 0.29) is 15.9 Å². The molecule has 5 aromatic rings. The SMILES string of the molecule is O=c1oc2cc(-c3ccccc3)n(-c3ccc(F)cc3)c(=O)c2c(O)c1Sc1ccccn1. The van der Waals surface area contributed by atoms with E-state index in [1.54, 1.807) is 48.7 Å². The number of hydrogen-bond acceptors (Lipinski definition) is 6. The molecule has 0 aliphatic heterocycles. The Bertz CT molecular complexity index is 1580. The van der Waals surface area contributed by atoms with Gasteiger partial charge >= 0.3 is 5.63 Å². The lowest BCUT2D eigenvalue weighted by molar-refractivity contribution is 0.446. The maximum absolute atomic E-state index is 13.7. The molecule has 0 saturated heterocycles. The maximum Gasteiger partial charge on any atom is 0.354 e. The summed E-state index contributed by atoms with van der Waals surface area (Å²) in [6.07, 6.45) is 1.55. The molecule has 0 unspecified atom stereocenters. The van der Waals surface area contributed by atoms with Crippen LogP contribution in [0.15, 0.2) is 109 Å². The molecule has 0 amide bonds. The van der Waals surface area contributed by atoms with Gasteiger partial charge in [-0.15, -0.1) is 0 Å². The van der Waals surface area contributed by atoms with Crippen molar-refractivity contribution in [2.45, 2.75) is 9.92 Å². The average Bonchev–Trinajstić information content (AvgIpc) is 2.83. The molecule has 6 nitrogen and oxygen atoms in total. The molecule has 33 heavy (non-hydrogen) atoms. The zero-order chi connectivity index (χ0) is 22.9. The molecule has 162 valence electrons. The summed E-state index contributed by atoms with van der Waals surface area (Å²) in [6, 6.07) is 21.1. The summed E-state index contributed by atoms with van der Waals surface area (Å²) in [6.45, 7) is 0. The van der Waals surface area contributed by atoms with Gasteiger partial charge in [0.25, 0.3) is 5.56 Å². The third-order valence-corrected chi connectivity index (χ3v) is 6.03. The standard InChI is InChI=1S/C25H15FN2O4S/c26-16-9-11-17(12-10-16)28-18(15-6-2-1-3-7-15)14-19-21(24(28)30)22(29)23(25(31)32-19)33-20-8-4-5-13-27-20/h1-14,29H. The Morgan fingerprint density at radius 1 is 0.939 bits per heavy atom. The van der Waals surface area contributed by atoms with Crippen LogP contribution in [0.4, 0.5) is 4.39 Å². The smallest absolute Gasteiger partial charge is 0.354 e. The molecule has 2 aromatic carbocycles. The highest BCUT2D eigenvalue weighted by Crippen LogP contribution is 2.35. The zero-order valence-electron chi connectivity index (χ0n) is 16.9. The first kappa shape index (κ1) is 20.7. The summed E-state index contributed by atoms with van der Waals surface area (Å²) < 4.78 is 20.4. The Hall–Kier alpha value is -4.17. The van der Waals surface area contributed by atoms with Crippen LogP contribution < -0.4 is 11.2 Å². The third kappa shape index (κ3) is 3.81. The number of halogens is 1. The number of benzene rings is 2. The number of hydrogen-bond donors (Lipinski definition) is 1. The molecule has 5 rings (SSSR count). The van der Waals surface area contributed by atoms with E-state index in [2.05, 4.69) is 4.98 Å². The van der Waals surface area contributed by atoms with Crippen LogP contribution in [0.5, 0.6) is 5.75 Å². The number of nitrogens with zero attached hydrogens (tertiary/aromatic N) is 2. The van der Waals surface area contributed by atoms with Crippen molar-refractivity contribution in [3.63, 3.8) is 0 Å². The minimum absolute atomic E-state index is 0.0508. The van der Waals surface area contributed by atoms with Crippen molar-refractivity contribution >= 4 is 22.7 Å². The van der Waals surface area contributed by atoms with Crippen LogP contribution in [0.2, 0.25) is 0 Å². The van der Waals surface area contributed by atoms with Crippen LogP contribution >= 0.6 is 11.8 Å². The lowest BCUT2D eigenvalue weighted by Crippen LogP contribution is -2.21. The number of fused-ring (bicyclic) bond motifs is 1. The van der Waals surface area contributed by atoms with Gasteiger partial charge in [0.2, 0.25) is 0 Å².